The van der Waals surface area contributed by atoms with E-state index in [-0.39, 0.29) is 4.90 Å². The van der Waals surface area contributed by atoms with Crippen LogP contribution in [0.5, 0.6) is 0 Å². The second-order valence-corrected chi connectivity index (χ2v) is 9.82. The third kappa shape index (κ3) is 4.77. The second kappa shape index (κ2) is 9.47. The molecule has 2 N–H and O–H groups in total. The summed E-state index contributed by atoms with van der Waals surface area (Å²) >= 11 is 3.47. The van der Waals surface area contributed by atoms with Crippen molar-refractivity contribution in [2.45, 2.75) is 37.8 Å². The van der Waals surface area contributed by atoms with Crippen LogP contribution in [-0.2, 0) is 10.0 Å². The van der Waals surface area contributed by atoms with Crippen molar-refractivity contribution in [3.63, 3.8) is 0 Å². The van der Waals surface area contributed by atoms with Gasteiger partial charge >= 0.3 is 0 Å². The Balaban J connectivity index is 2.01. The minimum atomic E-state index is -3.59. The number of nitrogens with one attached hydrogen (secondary N) is 1. The van der Waals surface area contributed by atoms with Crippen molar-refractivity contribution >= 4 is 37.3 Å². The average molecular weight is 482 g/mol. The van der Waals surface area contributed by atoms with Crippen LogP contribution in [0.25, 0.3) is 0 Å². The fourth-order valence-electron chi connectivity index (χ4n) is 3.66. The van der Waals surface area contributed by atoms with Gasteiger partial charge in [-0.15, -0.1) is 0 Å². The number of halogens is 1. The van der Waals surface area contributed by atoms with Crippen molar-refractivity contribution < 1.29 is 13.5 Å². The first kappa shape index (κ1) is 22.1. The number of hydrogen-bond acceptors (Lipinski definition) is 5. The van der Waals surface area contributed by atoms with E-state index in [1.807, 2.05) is 44.2 Å². The van der Waals surface area contributed by atoms with E-state index in [1.54, 1.807) is 12.1 Å². The molecule has 158 valence electrons. The molecule has 0 radical (unpaired) electrons. The van der Waals surface area contributed by atoms with Crippen LogP contribution in [0.3, 0.4) is 0 Å². The van der Waals surface area contributed by atoms with E-state index < -0.39 is 16.3 Å². The van der Waals surface area contributed by atoms with Crippen LogP contribution in [0.15, 0.2) is 51.8 Å². The maximum atomic E-state index is 13.0. The average Bonchev–Trinajstić information content (AvgIpc) is 3.23. The summed E-state index contributed by atoms with van der Waals surface area (Å²) in [5.74, 6) is 0. The molecule has 0 unspecified atom stereocenters. The van der Waals surface area contributed by atoms with Gasteiger partial charge in [0.2, 0.25) is 10.0 Å². The molecule has 1 aliphatic rings. The number of sulfonamides is 1. The van der Waals surface area contributed by atoms with Crippen LogP contribution >= 0.6 is 15.9 Å². The van der Waals surface area contributed by atoms with Gasteiger partial charge in [-0.3, -0.25) is 0 Å². The van der Waals surface area contributed by atoms with Gasteiger partial charge in [0.1, 0.15) is 0 Å². The molecule has 1 atom stereocenters. The van der Waals surface area contributed by atoms with Gasteiger partial charge in [-0.1, -0.05) is 48.0 Å². The molecule has 0 bridgehead atoms. The highest BCUT2D eigenvalue weighted by Gasteiger charge is 2.25. The SMILES string of the molecule is CCN(CC)S(=O)(=O)c1ccc(N2CCCC2)c(N[C@H](O)c2ccccc2Br)c1. The van der Waals surface area contributed by atoms with Crippen LogP contribution in [0.4, 0.5) is 11.4 Å². The third-order valence-electron chi connectivity index (χ3n) is 5.25. The normalized spacial score (nSPS) is 15.7. The van der Waals surface area contributed by atoms with Crippen LogP contribution < -0.4 is 10.2 Å². The Labute approximate surface area is 181 Å². The lowest BCUT2D eigenvalue weighted by atomic mass is 10.1. The minimum absolute atomic E-state index is 0.228. The molecule has 29 heavy (non-hydrogen) atoms. The fourth-order valence-corrected chi connectivity index (χ4v) is 5.65. The summed E-state index contributed by atoms with van der Waals surface area (Å²) in [6.07, 6.45) is 1.23. The summed E-state index contributed by atoms with van der Waals surface area (Å²) in [5.41, 5.74) is 2.22. The first-order valence-corrected chi connectivity index (χ1v) is 12.2. The molecule has 1 heterocycles. The van der Waals surface area contributed by atoms with E-state index in [9.17, 15) is 13.5 Å². The Morgan fingerprint density at radius 2 is 1.79 bits per heavy atom. The summed E-state index contributed by atoms with van der Waals surface area (Å²) in [7, 11) is -3.59. The van der Waals surface area contributed by atoms with Crippen molar-refractivity contribution in [2.24, 2.45) is 0 Å². The zero-order valence-corrected chi connectivity index (χ0v) is 19.2. The van der Waals surface area contributed by atoms with E-state index in [2.05, 4.69) is 26.1 Å². The Morgan fingerprint density at radius 1 is 1.14 bits per heavy atom. The number of benzene rings is 2. The van der Waals surface area contributed by atoms with Gasteiger partial charge in [0.25, 0.3) is 0 Å². The van der Waals surface area contributed by atoms with Crippen molar-refractivity contribution in [1.29, 1.82) is 0 Å². The zero-order valence-electron chi connectivity index (χ0n) is 16.8. The Bertz CT molecular complexity index is 942. The van der Waals surface area contributed by atoms with Gasteiger partial charge in [-0.25, -0.2) is 8.42 Å². The summed E-state index contributed by atoms with van der Waals surface area (Å²) in [5, 5.41) is 13.9. The van der Waals surface area contributed by atoms with Crippen molar-refractivity contribution in [3.8, 4) is 0 Å². The molecule has 6 nitrogen and oxygen atoms in total. The lowest BCUT2D eigenvalue weighted by Crippen LogP contribution is -2.30. The maximum Gasteiger partial charge on any atom is 0.243 e. The highest BCUT2D eigenvalue weighted by atomic mass is 79.9. The summed E-state index contributed by atoms with van der Waals surface area (Å²) in [6.45, 7) is 6.32. The van der Waals surface area contributed by atoms with E-state index in [1.165, 1.54) is 4.31 Å². The van der Waals surface area contributed by atoms with Crippen molar-refractivity contribution in [3.05, 3.63) is 52.5 Å². The molecule has 3 rings (SSSR count). The molecular weight excluding hydrogens is 454 g/mol. The lowest BCUT2D eigenvalue weighted by Gasteiger charge is -2.26. The Morgan fingerprint density at radius 3 is 2.41 bits per heavy atom. The molecule has 2 aromatic carbocycles. The maximum absolute atomic E-state index is 13.0. The van der Waals surface area contributed by atoms with Crippen LogP contribution in [-0.4, -0.2) is 44.0 Å². The smallest absolute Gasteiger partial charge is 0.243 e. The number of aliphatic hydroxyl groups is 1. The lowest BCUT2D eigenvalue weighted by molar-refractivity contribution is 0.207. The van der Waals surface area contributed by atoms with E-state index in [0.717, 1.165) is 36.1 Å². The standard InChI is InChI=1S/C21H28BrN3O3S/c1-3-25(4-2)29(27,28)16-11-12-20(24-13-7-8-14-24)19(15-16)23-21(26)17-9-5-6-10-18(17)22/h5-6,9-12,15,21,23,26H,3-4,7-8,13-14H2,1-2H3/t21-/m1/s1. The number of anilines is 2. The van der Waals surface area contributed by atoms with Crippen LogP contribution in [0, 0.1) is 0 Å². The van der Waals surface area contributed by atoms with Gasteiger partial charge in [0.15, 0.2) is 6.23 Å². The van der Waals surface area contributed by atoms with Crippen molar-refractivity contribution in [2.75, 3.05) is 36.4 Å². The highest BCUT2D eigenvalue weighted by molar-refractivity contribution is 9.10. The first-order valence-electron chi connectivity index (χ1n) is 9.96. The third-order valence-corrected chi connectivity index (χ3v) is 8.02. The molecule has 1 saturated heterocycles. The van der Waals surface area contributed by atoms with Gasteiger partial charge < -0.3 is 15.3 Å². The zero-order chi connectivity index (χ0) is 21.0. The van der Waals surface area contributed by atoms with E-state index in [4.69, 9.17) is 0 Å². The number of hydrogen-bond donors (Lipinski definition) is 2. The molecule has 2 aromatic rings. The van der Waals surface area contributed by atoms with Gasteiger partial charge in [-0.2, -0.15) is 4.31 Å². The molecular formula is C21H28BrN3O3S. The molecule has 0 aromatic heterocycles. The second-order valence-electron chi connectivity index (χ2n) is 7.03. The molecule has 0 saturated carbocycles. The van der Waals surface area contributed by atoms with Gasteiger partial charge in [0, 0.05) is 36.2 Å². The monoisotopic (exact) mass is 481 g/mol. The summed E-state index contributed by atoms with van der Waals surface area (Å²) in [4.78, 5) is 2.45. The predicted octanol–water partition coefficient (Wildman–Crippen LogP) is 4.18. The quantitative estimate of drug-likeness (QED) is 0.553. The number of rotatable bonds is 8. The van der Waals surface area contributed by atoms with E-state index in [0.29, 0.717) is 24.3 Å². The fraction of sp³-hybridized carbons (Fsp3) is 0.429. The minimum Gasteiger partial charge on any atom is -0.370 e. The summed E-state index contributed by atoms with van der Waals surface area (Å²) in [6, 6.07) is 12.6. The van der Waals surface area contributed by atoms with Crippen molar-refractivity contribution in [1.82, 2.24) is 4.31 Å². The molecule has 0 aliphatic carbocycles. The summed E-state index contributed by atoms with van der Waals surface area (Å²) < 4.78 is 28.2. The Kier molecular flexibility index (Phi) is 7.21. The Hall–Kier alpha value is -1.61. The van der Waals surface area contributed by atoms with Crippen LogP contribution in [0.1, 0.15) is 38.5 Å². The molecule has 0 amide bonds. The molecule has 0 spiro atoms. The molecule has 1 fully saturated rings. The largest absolute Gasteiger partial charge is 0.370 e. The van der Waals surface area contributed by atoms with E-state index >= 15 is 0 Å². The number of aliphatic hydroxyl groups excluding tert-OH is 1. The highest BCUT2D eigenvalue weighted by Crippen LogP contribution is 2.35. The molecule has 8 heteroatoms. The van der Waals surface area contributed by atoms with Gasteiger partial charge in [-0.05, 0) is 37.1 Å². The number of nitrogens with zero attached hydrogens (tertiary/aromatic N) is 2. The topological polar surface area (TPSA) is 72.9 Å². The van der Waals surface area contributed by atoms with Gasteiger partial charge in [0.05, 0.1) is 16.3 Å². The first-order chi connectivity index (χ1) is 13.9. The molecule has 1 aliphatic heterocycles. The predicted molar refractivity (Wildman–Crippen MR) is 121 cm³/mol. The van der Waals surface area contributed by atoms with Crippen LogP contribution in [0.2, 0.25) is 0 Å².